The van der Waals surface area contributed by atoms with Gasteiger partial charge < -0.3 is 24.6 Å². The van der Waals surface area contributed by atoms with Crippen LogP contribution in [-0.2, 0) is 16.1 Å². The van der Waals surface area contributed by atoms with Crippen LogP contribution in [0.5, 0.6) is 5.75 Å². The standard InChI is InChI=1S/C29H37N5O4.2ClH/c1-21(2)19-34(23-16-22(17-30-18-23)28(35)32-12-14-37-15-13-32)29(36)27-25(20-38-24-8-4-3-5-9-24)33-11-7-6-10-26(33)31-27;;/h3-11,21-23,30H,12-20H2,1-2H3;2*1H/t22-,23+;;/m1../s1. The zero-order valence-electron chi connectivity index (χ0n) is 23.0. The number of piperidine rings is 1. The third kappa shape index (κ3) is 7.26. The predicted octanol–water partition coefficient (Wildman–Crippen LogP) is 3.69. The van der Waals surface area contributed by atoms with Crippen LogP contribution in [0.15, 0.2) is 54.7 Å². The van der Waals surface area contributed by atoms with E-state index in [-0.39, 0.29) is 61.1 Å². The van der Waals surface area contributed by atoms with Crippen LogP contribution in [-0.4, -0.2) is 83.0 Å². The first-order chi connectivity index (χ1) is 18.5. The number of aromatic nitrogens is 2. The van der Waals surface area contributed by atoms with Crippen LogP contribution in [0.4, 0.5) is 0 Å². The summed E-state index contributed by atoms with van der Waals surface area (Å²) in [6, 6.07) is 15.2. The van der Waals surface area contributed by atoms with E-state index in [1.807, 2.05) is 68.9 Å². The van der Waals surface area contributed by atoms with Gasteiger partial charge in [0, 0.05) is 45.0 Å². The van der Waals surface area contributed by atoms with Gasteiger partial charge in [0.15, 0.2) is 5.69 Å². The highest BCUT2D eigenvalue weighted by Gasteiger charge is 2.37. The Balaban J connectivity index is 0.00000220. The van der Waals surface area contributed by atoms with Gasteiger partial charge in [0.25, 0.3) is 5.91 Å². The van der Waals surface area contributed by atoms with Crippen molar-refractivity contribution >= 4 is 42.3 Å². The molecule has 2 aliphatic heterocycles. The van der Waals surface area contributed by atoms with Gasteiger partial charge in [-0.05, 0) is 36.6 Å². The molecule has 4 heterocycles. The molecule has 5 rings (SSSR count). The molecular weight excluding hydrogens is 553 g/mol. The van der Waals surface area contributed by atoms with E-state index >= 15 is 0 Å². The Morgan fingerprint density at radius 2 is 1.80 bits per heavy atom. The first-order valence-corrected chi connectivity index (χ1v) is 13.5. The average molecular weight is 593 g/mol. The van der Waals surface area contributed by atoms with Crippen molar-refractivity contribution in [2.75, 3.05) is 45.9 Å². The number of imidazole rings is 1. The van der Waals surface area contributed by atoms with Crippen LogP contribution >= 0.6 is 24.8 Å². The van der Waals surface area contributed by atoms with Gasteiger partial charge in [-0.3, -0.25) is 14.0 Å². The highest BCUT2D eigenvalue weighted by molar-refractivity contribution is 5.94. The Hall–Kier alpha value is -2.85. The number of ether oxygens (including phenoxy) is 2. The molecule has 11 heteroatoms. The number of morpholine rings is 1. The molecule has 2 saturated heterocycles. The van der Waals surface area contributed by atoms with Gasteiger partial charge in [0.1, 0.15) is 18.0 Å². The summed E-state index contributed by atoms with van der Waals surface area (Å²) >= 11 is 0. The predicted molar refractivity (Wildman–Crippen MR) is 159 cm³/mol. The number of hydrogen-bond donors (Lipinski definition) is 1. The number of pyridine rings is 1. The second-order valence-corrected chi connectivity index (χ2v) is 10.5. The molecule has 1 N–H and O–H groups in total. The monoisotopic (exact) mass is 591 g/mol. The number of benzene rings is 1. The summed E-state index contributed by atoms with van der Waals surface area (Å²) in [5, 5.41) is 3.43. The topological polar surface area (TPSA) is 88.4 Å². The van der Waals surface area contributed by atoms with Crippen LogP contribution in [0.25, 0.3) is 5.65 Å². The fourth-order valence-electron chi connectivity index (χ4n) is 5.34. The summed E-state index contributed by atoms with van der Waals surface area (Å²) in [5.74, 6) is 0.843. The molecule has 0 aliphatic carbocycles. The zero-order valence-corrected chi connectivity index (χ0v) is 24.7. The van der Waals surface area contributed by atoms with Gasteiger partial charge in [0.05, 0.1) is 24.8 Å². The SMILES string of the molecule is CC(C)CN(C(=O)c1nc2ccccn2c1COc1ccccc1)[C@@H]1CNC[C@H](C(=O)N2CCOCC2)C1.Cl.Cl. The quantitative estimate of drug-likeness (QED) is 0.430. The lowest BCUT2D eigenvalue weighted by Crippen LogP contribution is -2.56. The molecule has 0 radical (unpaired) electrons. The van der Waals surface area contributed by atoms with Crippen molar-refractivity contribution in [2.45, 2.75) is 32.9 Å². The Kier molecular flexibility index (Phi) is 11.6. The number of rotatable bonds is 8. The Bertz CT molecular complexity index is 1250. The van der Waals surface area contributed by atoms with E-state index in [1.165, 1.54) is 0 Å². The van der Waals surface area contributed by atoms with Crippen LogP contribution in [0.2, 0.25) is 0 Å². The molecule has 0 unspecified atom stereocenters. The molecule has 2 atom stereocenters. The molecule has 2 aliphatic rings. The number of hydrogen-bond acceptors (Lipinski definition) is 6. The maximum atomic E-state index is 14.2. The summed E-state index contributed by atoms with van der Waals surface area (Å²) in [7, 11) is 0. The lowest BCUT2D eigenvalue weighted by atomic mass is 9.92. The van der Waals surface area contributed by atoms with Crippen molar-refractivity contribution < 1.29 is 19.1 Å². The molecule has 0 bridgehead atoms. The van der Waals surface area contributed by atoms with Crippen LogP contribution in [0, 0.1) is 11.8 Å². The Labute approximate surface area is 248 Å². The molecule has 0 spiro atoms. The van der Waals surface area contributed by atoms with E-state index in [2.05, 4.69) is 19.2 Å². The molecule has 2 amide bonds. The summed E-state index contributed by atoms with van der Waals surface area (Å²) in [6.07, 6.45) is 2.54. The molecule has 1 aromatic carbocycles. The van der Waals surface area contributed by atoms with Gasteiger partial charge in [0.2, 0.25) is 5.91 Å². The highest BCUT2D eigenvalue weighted by atomic mass is 35.5. The van der Waals surface area contributed by atoms with E-state index < -0.39 is 0 Å². The Morgan fingerprint density at radius 3 is 2.52 bits per heavy atom. The van der Waals surface area contributed by atoms with E-state index in [9.17, 15) is 9.59 Å². The van der Waals surface area contributed by atoms with Gasteiger partial charge in [-0.2, -0.15) is 0 Å². The largest absolute Gasteiger partial charge is 0.487 e. The van der Waals surface area contributed by atoms with E-state index in [4.69, 9.17) is 14.5 Å². The zero-order chi connectivity index (χ0) is 26.5. The third-order valence-electron chi connectivity index (χ3n) is 7.21. The molecule has 3 aromatic rings. The minimum absolute atomic E-state index is 0. The van der Waals surface area contributed by atoms with Crippen molar-refractivity contribution in [2.24, 2.45) is 11.8 Å². The average Bonchev–Trinajstić information content (AvgIpc) is 3.33. The fraction of sp³-hybridized carbons (Fsp3) is 0.483. The van der Waals surface area contributed by atoms with Gasteiger partial charge in [-0.15, -0.1) is 24.8 Å². The summed E-state index contributed by atoms with van der Waals surface area (Å²) in [6.45, 7) is 8.69. The third-order valence-corrected chi connectivity index (χ3v) is 7.21. The first-order valence-electron chi connectivity index (χ1n) is 13.5. The van der Waals surface area contributed by atoms with E-state index in [0.717, 1.165) is 5.75 Å². The van der Waals surface area contributed by atoms with Crippen LogP contribution in [0.1, 0.15) is 36.5 Å². The van der Waals surface area contributed by atoms with Crippen LogP contribution in [0.3, 0.4) is 0 Å². The summed E-state index contributed by atoms with van der Waals surface area (Å²) < 4.78 is 13.4. The molecule has 0 saturated carbocycles. The summed E-state index contributed by atoms with van der Waals surface area (Å²) in [5.41, 5.74) is 1.82. The van der Waals surface area contributed by atoms with Crippen molar-refractivity contribution in [3.8, 4) is 5.75 Å². The first kappa shape index (κ1) is 31.7. The molecule has 40 heavy (non-hydrogen) atoms. The minimum atomic E-state index is -0.170. The lowest BCUT2D eigenvalue weighted by Gasteiger charge is -2.40. The van der Waals surface area contributed by atoms with Crippen molar-refractivity contribution in [1.29, 1.82) is 0 Å². The number of carbonyl (C=O) groups is 2. The lowest BCUT2D eigenvalue weighted by molar-refractivity contribution is -0.140. The van der Waals surface area contributed by atoms with Gasteiger partial charge in [-0.1, -0.05) is 38.1 Å². The maximum Gasteiger partial charge on any atom is 0.274 e. The smallest absolute Gasteiger partial charge is 0.274 e. The number of carbonyl (C=O) groups excluding carboxylic acids is 2. The molecule has 9 nitrogen and oxygen atoms in total. The van der Waals surface area contributed by atoms with E-state index in [0.29, 0.717) is 69.4 Å². The second kappa shape index (κ2) is 14.7. The molecule has 2 fully saturated rings. The van der Waals surface area contributed by atoms with Crippen molar-refractivity contribution in [1.82, 2.24) is 24.5 Å². The highest BCUT2D eigenvalue weighted by Crippen LogP contribution is 2.24. The van der Waals surface area contributed by atoms with Crippen molar-refractivity contribution in [3.63, 3.8) is 0 Å². The van der Waals surface area contributed by atoms with Crippen molar-refractivity contribution in [3.05, 3.63) is 66.1 Å². The number of fused-ring (bicyclic) bond motifs is 1. The Morgan fingerprint density at radius 1 is 1.07 bits per heavy atom. The minimum Gasteiger partial charge on any atom is -0.487 e. The number of halogens is 2. The number of amides is 2. The summed E-state index contributed by atoms with van der Waals surface area (Å²) in [4.78, 5) is 36.1. The number of nitrogens with zero attached hydrogens (tertiary/aromatic N) is 4. The molecular formula is C29H39Cl2N5O4. The second-order valence-electron chi connectivity index (χ2n) is 10.5. The molecule has 2 aromatic heterocycles. The van der Waals surface area contributed by atoms with Gasteiger partial charge >= 0.3 is 0 Å². The van der Waals surface area contributed by atoms with Crippen LogP contribution < -0.4 is 10.1 Å². The number of para-hydroxylation sites is 1. The maximum absolute atomic E-state index is 14.2. The molecule has 218 valence electrons. The normalized spacial score (nSPS) is 19.0. The fourth-order valence-corrected chi connectivity index (χ4v) is 5.34. The number of nitrogens with one attached hydrogen (secondary N) is 1. The van der Waals surface area contributed by atoms with E-state index in [1.54, 1.807) is 0 Å². The van der Waals surface area contributed by atoms with Gasteiger partial charge in [-0.25, -0.2) is 4.98 Å².